The second-order valence-electron chi connectivity index (χ2n) is 6.70. The Morgan fingerprint density at radius 3 is 2.58 bits per heavy atom. The quantitative estimate of drug-likeness (QED) is 0.453. The van der Waals surface area contributed by atoms with E-state index in [0.717, 1.165) is 17.6 Å². The van der Waals surface area contributed by atoms with Crippen molar-refractivity contribution in [1.82, 2.24) is 0 Å². The molecule has 0 aliphatic carbocycles. The number of nitrogens with zero attached hydrogens (tertiary/aromatic N) is 2. The van der Waals surface area contributed by atoms with Gasteiger partial charge in [-0.3, -0.25) is 0 Å². The third-order valence-corrected chi connectivity index (χ3v) is 5.51. The molecule has 0 bridgehead atoms. The Morgan fingerprint density at radius 2 is 1.67 bits per heavy atom. The first kappa shape index (κ1) is 12.5. The minimum absolute atomic E-state index is 0.344. The lowest BCUT2D eigenvalue weighted by Gasteiger charge is -2.23. The van der Waals surface area contributed by atoms with Gasteiger partial charge in [-0.05, 0) is 23.8 Å². The van der Waals surface area contributed by atoms with Crippen LogP contribution in [0.5, 0.6) is 0 Å². The Morgan fingerprint density at radius 1 is 0.875 bits per heavy atom. The SMILES string of the molecule is CN1c2ccccc2N2c3c(ccc4c3oc3ccccc34)CC12. The Balaban J connectivity index is 1.71. The molecular formula is C21H16N2O. The summed E-state index contributed by atoms with van der Waals surface area (Å²) in [5, 5.41) is 2.40. The fourth-order valence-corrected chi connectivity index (χ4v) is 4.40. The maximum atomic E-state index is 6.29. The van der Waals surface area contributed by atoms with E-state index in [1.54, 1.807) is 0 Å². The fraction of sp³-hybridized carbons (Fsp3) is 0.143. The minimum atomic E-state index is 0.344. The molecule has 2 aliphatic rings. The van der Waals surface area contributed by atoms with Gasteiger partial charge in [0, 0.05) is 24.2 Å². The van der Waals surface area contributed by atoms with E-state index in [2.05, 4.69) is 71.4 Å². The van der Waals surface area contributed by atoms with Crippen LogP contribution in [0, 0.1) is 0 Å². The second-order valence-corrected chi connectivity index (χ2v) is 6.70. The molecule has 0 spiro atoms. The number of rotatable bonds is 0. The molecule has 0 saturated carbocycles. The van der Waals surface area contributed by atoms with Gasteiger partial charge >= 0.3 is 0 Å². The molecule has 24 heavy (non-hydrogen) atoms. The summed E-state index contributed by atoms with van der Waals surface area (Å²) >= 11 is 0. The molecule has 3 heteroatoms. The molecule has 1 unspecified atom stereocenters. The molecule has 0 amide bonds. The van der Waals surface area contributed by atoms with Gasteiger partial charge in [0.05, 0.1) is 17.1 Å². The van der Waals surface area contributed by atoms with E-state index in [0.29, 0.717) is 6.17 Å². The summed E-state index contributed by atoms with van der Waals surface area (Å²) in [6.07, 6.45) is 1.37. The lowest BCUT2D eigenvalue weighted by Crippen LogP contribution is -2.36. The molecular weight excluding hydrogens is 296 g/mol. The zero-order valence-electron chi connectivity index (χ0n) is 13.4. The Hall–Kier alpha value is -2.94. The van der Waals surface area contributed by atoms with Crippen LogP contribution in [0.25, 0.3) is 21.9 Å². The largest absolute Gasteiger partial charge is 0.454 e. The molecule has 3 aromatic carbocycles. The maximum Gasteiger partial charge on any atom is 0.159 e. The van der Waals surface area contributed by atoms with E-state index < -0.39 is 0 Å². The third-order valence-electron chi connectivity index (χ3n) is 5.51. The van der Waals surface area contributed by atoms with E-state index in [-0.39, 0.29) is 0 Å². The number of para-hydroxylation sites is 3. The van der Waals surface area contributed by atoms with E-state index in [1.165, 1.54) is 33.4 Å². The Labute approximate surface area is 139 Å². The van der Waals surface area contributed by atoms with Crippen LogP contribution in [0.1, 0.15) is 5.56 Å². The molecule has 4 aromatic rings. The summed E-state index contributed by atoms with van der Waals surface area (Å²) < 4.78 is 6.29. The predicted molar refractivity (Wildman–Crippen MR) is 98.2 cm³/mol. The lowest BCUT2D eigenvalue weighted by molar-refractivity contribution is 0.665. The normalized spacial score (nSPS) is 18.3. The van der Waals surface area contributed by atoms with Crippen LogP contribution in [0.15, 0.2) is 65.1 Å². The van der Waals surface area contributed by atoms with Crippen molar-refractivity contribution >= 4 is 39.0 Å². The molecule has 0 saturated heterocycles. The number of hydrogen-bond acceptors (Lipinski definition) is 3. The van der Waals surface area contributed by atoms with Gasteiger partial charge < -0.3 is 14.2 Å². The summed E-state index contributed by atoms with van der Waals surface area (Å²) in [4.78, 5) is 4.83. The summed E-state index contributed by atoms with van der Waals surface area (Å²) in [6, 6.07) is 21.4. The van der Waals surface area contributed by atoms with E-state index in [4.69, 9.17) is 4.42 Å². The van der Waals surface area contributed by atoms with E-state index in [1.807, 2.05) is 6.07 Å². The van der Waals surface area contributed by atoms with Crippen LogP contribution < -0.4 is 9.80 Å². The smallest absolute Gasteiger partial charge is 0.159 e. The topological polar surface area (TPSA) is 19.6 Å². The van der Waals surface area contributed by atoms with Crippen molar-refractivity contribution in [2.24, 2.45) is 0 Å². The van der Waals surface area contributed by atoms with Crippen LogP contribution in [0.2, 0.25) is 0 Å². The van der Waals surface area contributed by atoms with Crippen molar-refractivity contribution in [3.8, 4) is 0 Å². The number of hydrogen-bond donors (Lipinski definition) is 0. The Kier molecular flexibility index (Phi) is 2.14. The third kappa shape index (κ3) is 1.34. The van der Waals surface area contributed by atoms with E-state index in [9.17, 15) is 0 Å². The van der Waals surface area contributed by atoms with Gasteiger partial charge in [-0.1, -0.05) is 42.5 Å². The first-order chi connectivity index (χ1) is 11.8. The van der Waals surface area contributed by atoms with Crippen molar-refractivity contribution in [2.75, 3.05) is 16.8 Å². The molecule has 6 rings (SSSR count). The highest BCUT2D eigenvalue weighted by Gasteiger charge is 2.42. The molecule has 0 N–H and O–H groups in total. The molecule has 0 radical (unpaired) electrons. The van der Waals surface area contributed by atoms with Gasteiger partial charge in [0.15, 0.2) is 5.58 Å². The average Bonchev–Trinajstić information content (AvgIpc) is 3.25. The van der Waals surface area contributed by atoms with E-state index >= 15 is 0 Å². The zero-order valence-corrected chi connectivity index (χ0v) is 13.4. The lowest BCUT2D eigenvalue weighted by atomic mass is 10.1. The minimum Gasteiger partial charge on any atom is -0.454 e. The summed E-state index contributed by atoms with van der Waals surface area (Å²) in [5.74, 6) is 0. The fourth-order valence-electron chi connectivity index (χ4n) is 4.40. The van der Waals surface area contributed by atoms with Gasteiger partial charge in [0.25, 0.3) is 0 Å². The van der Waals surface area contributed by atoms with Crippen LogP contribution in [-0.2, 0) is 6.42 Å². The monoisotopic (exact) mass is 312 g/mol. The van der Waals surface area contributed by atoms with Crippen molar-refractivity contribution in [1.29, 1.82) is 0 Å². The average molecular weight is 312 g/mol. The van der Waals surface area contributed by atoms with Crippen LogP contribution in [0.4, 0.5) is 17.1 Å². The van der Waals surface area contributed by atoms with Crippen molar-refractivity contribution in [3.05, 3.63) is 66.2 Å². The Bertz CT molecular complexity index is 1130. The maximum absolute atomic E-state index is 6.29. The second kappa shape index (κ2) is 4.12. The van der Waals surface area contributed by atoms with Crippen molar-refractivity contribution < 1.29 is 4.42 Å². The molecule has 3 nitrogen and oxygen atoms in total. The van der Waals surface area contributed by atoms with Gasteiger partial charge in [-0.25, -0.2) is 0 Å². The number of benzene rings is 3. The molecule has 1 aromatic heterocycles. The van der Waals surface area contributed by atoms with Crippen LogP contribution in [0.3, 0.4) is 0 Å². The first-order valence-electron chi connectivity index (χ1n) is 8.37. The summed E-state index contributed by atoms with van der Waals surface area (Å²) in [7, 11) is 2.19. The highest BCUT2D eigenvalue weighted by Crippen LogP contribution is 2.52. The highest BCUT2D eigenvalue weighted by molar-refractivity contribution is 6.11. The molecule has 1 atom stereocenters. The van der Waals surface area contributed by atoms with Crippen molar-refractivity contribution in [3.63, 3.8) is 0 Å². The first-order valence-corrected chi connectivity index (χ1v) is 8.37. The van der Waals surface area contributed by atoms with Crippen molar-refractivity contribution in [2.45, 2.75) is 12.6 Å². The molecule has 3 heterocycles. The zero-order chi connectivity index (χ0) is 15.8. The van der Waals surface area contributed by atoms with Crippen LogP contribution >= 0.6 is 0 Å². The summed E-state index contributed by atoms with van der Waals surface area (Å²) in [6.45, 7) is 0. The van der Waals surface area contributed by atoms with Crippen LogP contribution in [-0.4, -0.2) is 13.2 Å². The van der Waals surface area contributed by atoms with Gasteiger partial charge in [0.1, 0.15) is 11.7 Å². The van der Waals surface area contributed by atoms with Gasteiger partial charge in [-0.15, -0.1) is 0 Å². The predicted octanol–water partition coefficient (Wildman–Crippen LogP) is 5.06. The highest BCUT2D eigenvalue weighted by atomic mass is 16.3. The standard InChI is InChI=1S/C21H16N2O/c1-22-16-7-3-4-8-17(16)23-19(22)12-13-10-11-15-14-6-2-5-9-18(14)24-21(15)20(13)23/h2-11,19H,12H2,1H3. The summed E-state index contributed by atoms with van der Waals surface area (Å²) in [5.41, 5.74) is 7.16. The number of anilines is 3. The number of likely N-dealkylation sites (N-methyl/N-ethyl adjacent to an activating group) is 1. The molecule has 2 aliphatic heterocycles. The van der Waals surface area contributed by atoms with Gasteiger partial charge in [0.2, 0.25) is 0 Å². The number of fused-ring (bicyclic) bond motifs is 9. The van der Waals surface area contributed by atoms with Gasteiger partial charge in [-0.2, -0.15) is 0 Å². The molecule has 116 valence electrons. The number of furan rings is 1. The molecule has 0 fully saturated rings.